The third kappa shape index (κ3) is 8.07. The lowest BCUT2D eigenvalue weighted by atomic mass is 9.45. The Bertz CT molecular complexity index is 2210. The number of amides is 3. The number of halogens is 3. The molecule has 17 heteroatoms. The Hall–Kier alpha value is -4.90. The van der Waals surface area contributed by atoms with Crippen molar-refractivity contribution in [2.24, 2.45) is 17.3 Å². The molecule has 59 heavy (non-hydrogen) atoms. The molecule has 3 heterocycles. The zero-order chi connectivity index (χ0) is 42.9. The van der Waals surface area contributed by atoms with Gasteiger partial charge >= 0.3 is 25.3 Å². The molecule has 8 rings (SSSR count). The molecule has 13 nitrogen and oxygen atoms in total. The van der Waals surface area contributed by atoms with Crippen molar-refractivity contribution in [3.05, 3.63) is 87.6 Å². The first-order valence-corrected chi connectivity index (χ1v) is 20.1. The van der Waals surface area contributed by atoms with Gasteiger partial charge in [0.25, 0.3) is 5.56 Å². The molecule has 3 aliphatic carbocycles. The van der Waals surface area contributed by atoms with Crippen LogP contribution < -0.4 is 26.8 Å². The van der Waals surface area contributed by atoms with E-state index in [1.807, 2.05) is 6.92 Å². The van der Waals surface area contributed by atoms with Crippen molar-refractivity contribution >= 4 is 36.4 Å². The highest BCUT2D eigenvalue weighted by molar-refractivity contribution is 6.47. The smallest absolute Gasteiger partial charge is 0.456 e. The van der Waals surface area contributed by atoms with E-state index in [1.54, 1.807) is 45.9 Å². The highest BCUT2D eigenvalue weighted by Crippen LogP contribution is 2.64. The van der Waals surface area contributed by atoms with Crippen LogP contribution >= 0.6 is 0 Å². The molecule has 2 aromatic carbocycles. The van der Waals surface area contributed by atoms with Gasteiger partial charge < -0.3 is 35.3 Å². The number of nitrogens with zero attached hydrogens (tertiary/aromatic N) is 2. The number of ether oxygens (including phenoxy) is 1. The molecule has 2 aliphatic heterocycles. The van der Waals surface area contributed by atoms with Crippen molar-refractivity contribution in [1.82, 2.24) is 20.2 Å². The van der Waals surface area contributed by atoms with Crippen molar-refractivity contribution in [1.29, 1.82) is 0 Å². The largest absolute Gasteiger partial charge is 0.481 e. The number of hydrogen-bond donors (Lipinski definition) is 4. The molecule has 4 N–H and O–H groups in total. The molecule has 3 saturated carbocycles. The van der Waals surface area contributed by atoms with Gasteiger partial charge in [-0.2, -0.15) is 13.2 Å². The fourth-order valence-electron chi connectivity index (χ4n) is 9.29. The minimum Gasteiger partial charge on any atom is -0.456 e. The maximum absolute atomic E-state index is 14.5. The number of carbonyl (C=O) groups is 3. The second-order valence-electron chi connectivity index (χ2n) is 18.3. The SMILES string of the molecule is CC[C@H](NC(=O)[C@@H]1C[C@@](C)(NC(=O)Nc2ccccc2C(=O)OC(C)(C)C)c2ncc(NCc3cccc(C(F)(F)F)c3)c(=O)n21)B1O[C@@H]2C3CC(C[C@]2(C)O1)C3(C)C. The number of para-hydroxylation sites is 1. The van der Waals surface area contributed by atoms with Gasteiger partial charge in [0.1, 0.15) is 23.2 Å². The van der Waals surface area contributed by atoms with Gasteiger partial charge in [0.05, 0.1) is 46.2 Å². The van der Waals surface area contributed by atoms with Crippen LogP contribution in [0.3, 0.4) is 0 Å². The molecular formula is C42H52BF3N6O7. The van der Waals surface area contributed by atoms with Crippen LogP contribution in [0.25, 0.3) is 0 Å². The molecule has 4 fully saturated rings. The maximum atomic E-state index is 14.5. The number of carbonyl (C=O) groups excluding carboxylic acids is 3. The van der Waals surface area contributed by atoms with Crippen molar-refractivity contribution < 1.29 is 41.6 Å². The number of nitrogens with one attached hydrogen (secondary N) is 4. The summed E-state index contributed by atoms with van der Waals surface area (Å²) in [5.41, 5.74) is -3.55. The van der Waals surface area contributed by atoms with Crippen molar-refractivity contribution in [2.75, 3.05) is 10.6 Å². The van der Waals surface area contributed by atoms with E-state index in [2.05, 4.69) is 47.0 Å². The number of urea groups is 1. The Morgan fingerprint density at radius 1 is 1.03 bits per heavy atom. The Labute approximate surface area is 341 Å². The van der Waals surface area contributed by atoms with Crippen molar-refractivity contribution in [3.8, 4) is 0 Å². The van der Waals surface area contributed by atoms with Gasteiger partial charge in [0.2, 0.25) is 5.91 Å². The van der Waals surface area contributed by atoms with Gasteiger partial charge in [-0.3, -0.25) is 14.2 Å². The quantitative estimate of drug-likeness (QED) is 0.125. The second-order valence-corrected chi connectivity index (χ2v) is 18.3. The zero-order valence-electron chi connectivity index (χ0n) is 34.6. The topological polar surface area (TPSA) is 162 Å². The number of aromatic nitrogens is 2. The Balaban J connectivity index is 1.15. The molecule has 2 bridgehead atoms. The molecule has 0 spiro atoms. The van der Waals surface area contributed by atoms with Crippen LogP contribution in [-0.2, 0) is 37.1 Å². The van der Waals surface area contributed by atoms with E-state index in [9.17, 15) is 32.3 Å². The zero-order valence-corrected chi connectivity index (χ0v) is 34.6. The van der Waals surface area contributed by atoms with Crippen molar-refractivity contribution in [3.63, 3.8) is 0 Å². The number of esters is 1. The number of benzene rings is 2. The predicted molar refractivity (Wildman–Crippen MR) is 214 cm³/mol. The number of alkyl halides is 3. The van der Waals surface area contributed by atoms with E-state index >= 15 is 0 Å². The minimum atomic E-state index is -4.55. The third-order valence-electron chi connectivity index (χ3n) is 12.6. The van der Waals surface area contributed by atoms with E-state index in [-0.39, 0.29) is 52.8 Å². The third-order valence-corrected chi connectivity index (χ3v) is 12.6. The molecule has 1 saturated heterocycles. The van der Waals surface area contributed by atoms with Crippen molar-refractivity contribution in [2.45, 2.75) is 129 Å². The molecule has 7 atom stereocenters. The van der Waals surface area contributed by atoms with Gasteiger partial charge in [-0.15, -0.1) is 0 Å². The number of hydrogen-bond acceptors (Lipinski definition) is 9. The van der Waals surface area contributed by atoms with Crippen LogP contribution in [0.4, 0.5) is 29.3 Å². The first-order chi connectivity index (χ1) is 27.5. The lowest BCUT2D eigenvalue weighted by Gasteiger charge is -2.63. The number of rotatable bonds is 10. The van der Waals surface area contributed by atoms with Crippen LogP contribution in [0.15, 0.2) is 59.5 Å². The summed E-state index contributed by atoms with van der Waals surface area (Å²) in [6.07, 6.45) is -1.17. The standard InChI is InChI=1S/C42H52BF3N6O7/c1-9-31(43-58-32-27-18-25(39(27,5)6)19-41(32,8)59-43)50-33(53)30-20-40(7,51-37(56)49-28-16-11-10-15-26(28)35(55)57-38(2,3)4)36-48-22-29(34(54)52(30)36)47-21-23-13-12-14-24(17-23)42(44,45)46/h10-17,22,25,27,30-32,47H,9,18-21H2,1-8H3,(H,50,53)(H2,49,51,56)/t25?,27?,30-,31-,32+,40+,41-/m0/s1. The second kappa shape index (κ2) is 15.0. The Kier molecular flexibility index (Phi) is 10.7. The lowest BCUT2D eigenvalue weighted by Crippen LogP contribution is -2.63. The number of fused-ring (bicyclic) bond motifs is 1. The monoisotopic (exact) mass is 820 g/mol. The van der Waals surface area contributed by atoms with Gasteiger partial charge in [-0.1, -0.05) is 45.0 Å². The average molecular weight is 821 g/mol. The van der Waals surface area contributed by atoms with Crippen LogP contribution in [0.2, 0.25) is 0 Å². The molecule has 2 unspecified atom stereocenters. The summed E-state index contributed by atoms with van der Waals surface area (Å²) in [7, 11) is -0.731. The van der Waals surface area contributed by atoms with E-state index in [4.69, 9.17) is 14.0 Å². The molecule has 3 amide bonds. The van der Waals surface area contributed by atoms with Gasteiger partial charge in [-0.05, 0) is 101 Å². The summed E-state index contributed by atoms with van der Waals surface area (Å²) >= 11 is 0. The highest BCUT2D eigenvalue weighted by atomic mass is 19.4. The average Bonchev–Trinajstić information content (AvgIpc) is 3.66. The van der Waals surface area contributed by atoms with Gasteiger partial charge in [0, 0.05) is 13.0 Å². The highest BCUT2D eigenvalue weighted by Gasteiger charge is 2.67. The molecule has 1 aromatic heterocycles. The van der Waals surface area contributed by atoms with Crippen LogP contribution in [-0.4, -0.2) is 57.8 Å². The maximum Gasteiger partial charge on any atom is 0.481 e. The van der Waals surface area contributed by atoms with E-state index in [0.717, 1.165) is 25.0 Å². The van der Waals surface area contributed by atoms with Gasteiger partial charge in [-0.25, -0.2) is 14.6 Å². The fraction of sp³-hybridized carbons (Fsp3) is 0.548. The summed E-state index contributed by atoms with van der Waals surface area (Å²) in [4.78, 5) is 60.1. The van der Waals surface area contributed by atoms with Gasteiger partial charge in [0.15, 0.2) is 0 Å². The normalized spacial score (nSPS) is 27.1. The minimum absolute atomic E-state index is 0.0583. The summed E-state index contributed by atoms with van der Waals surface area (Å²) in [5, 5.41) is 11.6. The van der Waals surface area contributed by atoms with Crippen LogP contribution in [0.5, 0.6) is 0 Å². The van der Waals surface area contributed by atoms with Crippen LogP contribution in [0.1, 0.15) is 114 Å². The molecule has 316 valence electrons. The van der Waals surface area contributed by atoms with Crippen LogP contribution in [0, 0.1) is 17.3 Å². The summed E-state index contributed by atoms with van der Waals surface area (Å²) in [6.45, 7) is 15.2. The van der Waals surface area contributed by atoms with E-state index < -0.39 is 71.0 Å². The first kappa shape index (κ1) is 42.2. The fourth-order valence-corrected chi connectivity index (χ4v) is 9.29. The first-order valence-electron chi connectivity index (χ1n) is 20.1. The Morgan fingerprint density at radius 2 is 1.76 bits per heavy atom. The lowest BCUT2D eigenvalue weighted by molar-refractivity contribution is -0.185. The van der Waals surface area contributed by atoms with E-state index in [0.29, 0.717) is 18.3 Å². The van der Waals surface area contributed by atoms with E-state index in [1.165, 1.54) is 29.0 Å². The summed E-state index contributed by atoms with van der Waals surface area (Å²) in [5.74, 6) is -0.834. The molecule has 5 aliphatic rings. The number of anilines is 2. The Morgan fingerprint density at radius 3 is 2.44 bits per heavy atom. The predicted octanol–water partition coefficient (Wildman–Crippen LogP) is 6.97. The molecular weight excluding hydrogens is 768 g/mol. The molecule has 0 radical (unpaired) electrons. The summed E-state index contributed by atoms with van der Waals surface area (Å²) in [6, 6.07) is 9.15. The molecule has 3 aromatic rings. The summed E-state index contributed by atoms with van der Waals surface area (Å²) < 4.78 is 60.2.